The summed E-state index contributed by atoms with van der Waals surface area (Å²) in [6.45, 7) is 4.83. The van der Waals surface area contributed by atoms with Crippen LogP contribution in [0.4, 0.5) is 0 Å². The fraction of sp³-hybridized carbons (Fsp3) is 0.850. The van der Waals surface area contributed by atoms with Crippen LogP contribution in [0, 0.1) is 28.6 Å². The lowest BCUT2D eigenvalue weighted by Crippen LogP contribution is -2.53. The van der Waals surface area contributed by atoms with Gasteiger partial charge in [-0.05, 0) is 80.2 Å². The number of carbonyl (C=O) groups excluding carboxylic acids is 1. The first kappa shape index (κ1) is 15.8. The number of ketones is 1. The molecule has 4 aliphatic rings. The summed E-state index contributed by atoms with van der Waals surface area (Å²) < 4.78 is 0. The Kier molecular flexibility index (Phi) is 3.55. The number of carbonyl (C=O) groups is 1. The number of rotatable bonds is 1. The van der Waals surface area contributed by atoms with Crippen molar-refractivity contribution in [2.45, 2.75) is 70.9 Å². The van der Waals surface area contributed by atoms with Crippen LogP contribution in [0.15, 0.2) is 11.6 Å². The SMILES string of the molecule is CNC1C(O)C[C@H]2[C@@H]3CCC4=CC(=O)CC[C@]4(C)[C@@H]3CC[C@]12C. The average Bonchev–Trinajstić information content (AvgIpc) is 2.77. The van der Waals surface area contributed by atoms with E-state index in [-0.39, 0.29) is 23.0 Å². The molecule has 0 radical (unpaired) electrons. The second-order valence-corrected chi connectivity index (χ2v) is 9.08. The molecule has 0 bridgehead atoms. The standard InChI is InChI=1S/C20H31NO2/c1-19-8-6-13(22)10-12(19)4-5-14-15(19)7-9-20(2)16(14)11-17(23)18(20)21-3/h10,14-18,21,23H,4-9,11H2,1-3H3/t14-,15-,16+,17?,18?,19+,20+/m1/s1. The minimum absolute atomic E-state index is 0.202. The zero-order chi connectivity index (χ0) is 16.4. The van der Waals surface area contributed by atoms with E-state index >= 15 is 0 Å². The summed E-state index contributed by atoms with van der Waals surface area (Å²) in [6, 6.07) is 0.242. The van der Waals surface area contributed by atoms with E-state index in [0.717, 1.165) is 31.6 Å². The summed E-state index contributed by atoms with van der Waals surface area (Å²) in [4.78, 5) is 11.9. The van der Waals surface area contributed by atoms with Crippen LogP contribution in [-0.4, -0.2) is 30.1 Å². The quantitative estimate of drug-likeness (QED) is 0.781. The highest BCUT2D eigenvalue weighted by atomic mass is 16.3. The van der Waals surface area contributed by atoms with E-state index in [9.17, 15) is 9.90 Å². The third-order valence-electron chi connectivity index (χ3n) is 8.30. The maximum absolute atomic E-state index is 11.9. The third kappa shape index (κ3) is 2.05. The van der Waals surface area contributed by atoms with Gasteiger partial charge in [-0.1, -0.05) is 19.4 Å². The predicted molar refractivity (Wildman–Crippen MR) is 90.9 cm³/mol. The summed E-state index contributed by atoms with van der Waals surface area (Å²) in [7, 11) is 2.00. The first-order chi connectivity index (χ1) is 10.9. The Morgan fingerprint density at radius 1 is 1.17 bits per heavy atom. The van der Waals surface area contributed by atoms with Crippen LogP contribution in [-0.2, 0) is 4.79 Å². The number of likely N-dealkylation sites (N-methyl/N-ethyl adjacent to an activating group) is 1. The molecule has 4 aliphatic carbocycles. The molecule has 0 spiro atoms. The normalized spacial score (nSPS) is 52.4. The Balaban J connectivity index is 1.68. The summed E-state index contributed by atoms with van der Waals surface area (Å²) in [6.07, 6.45) is 9.27. The van der Waals surface area contributed by atoms with Crippen molar-refractivity contribution in [3.63, 3.8) is 0 Å². The van der Waals surface area contributed by atoms with E-state index in [0.29, 0.717) is 17.6 Å². The molecule has 0 saturated heterocycles. The molecule has 4 rings (SSSR count). The fourth-order valence-corrected chi connectivity index (χ4v) is 7.10. The monoisotopic (exact) mass is 317 g/mol. The van der Waals surface area contributed by atoms with Gasteiger partial charge in [0.15, 0.2) is 5.78 Å². The van der Waals surface area contributed by atoms with E-state index in [1.54, 1.807) is 0 Å². The smallest absolute Gasteiger partial charge is 0.155 e. The molecule has 3 saturated carbocycles. The van der Waals surface area contributed by atoms with Crippen LogP contribution >= 0.6 is 0 Å². The van der Waals surface area contributed by atoms with Gasteiger partial charge in [-0.25, -0.2) is 0 Å². The molecule has 0 aromatic heterocycles. The minimum Gasteiger partial charge on any atom is -0.391 e. The summed E-state index contributed by atoms with van der Waals surface area (Å²) in [5, 5.41) is 14.0. The fourth-order valence-electron chi connectivity index (χ4n) is 7.10. The highest BCUT2D eigenvalue weighted by molar-refractivity contribution is 5.91. The Hall–Kier alpha value is -0.670. The lowest BCUT2D eigenvalue weighted by molar-refractivity contribution is -0.117. The maximum Gasteiger partial charge on any atom is 0.155 e. The van der Waals surface area contributed by atoms with E-state index in [1.165, 1.54) is 24.8 Å². The molecule has 3 nitrogen and oxygen atoms in total. The van der Waals surface area contributed by atoms with Crippen LogP contribution in [0.1, 0.15) is 58.8 Å². The molecular formula is C20H31NO2. The van der Waals surface area contributed by atoms with Gasteiger partial charge in [0.25, 0.3) is 0 Å². The van der Waals surface area contributed by atoms with E-state index in [2.05, 4.69) is 19.2 Å². The van der Waals surface area contributed by atoms with Gasteiger partial charge in [0.2, 0.25) is 0 Å². The van der Waals surface area contributed by atoms with Crippen LogP contribution in [0.25, 0.3) is 0 Å². The molecule has 2 N–H and O–H groups in total. The molecule has 2 unspecified atom stereocenters. The Morgan fingerprint density at radius 3 is 2.70 bits per heavy atom. The van der Waals surface area contributed by atoms with Gasteiger partial charge in [0.05, 0.1) is 6.10 Å². The van der Waals surface area contributed by atoms with Crippen LogP contribution in [0.2, 0.25) is 0 Å². The van der Waals surface area contributed by atoms with Gasteiger partial charge in [-0.2, -0.15) is 0 Å². The third-order valence-corrected chi connectivity index (χ3v) is 8.30. The van der Waals surface area contributed by atoms with Crippen molar-refractivity contribution in [1.29, 1.82) is 0 Å². The summed E-state index contributed by atoms with van der Waals surface area (Å²) in [5.41, 5.74) is 1.90. The molecular weight excluding hydrogens is 286 g/mol. The first-order valence-electron chi connectivity index (χ1n) is 9.49. The number of fused-ring (bicyclic) bond motifs is 5. The Labute approximate surface area is 139 Å². The van der Waals surface area contributed by atoms with Gasteiger partial charge in [0.1, 0.15) is 0 Å². The number of allylic oxidation sites excluding steroid dienone is 1. The topological polar surface area (TPSA) is 49.3 Å². The van der Waals surface area contributed by atoms with Gasteiger partial charge < -0.3 is 10.4 Å². The van der Waals surface area contributed by atoms with E-state index < -0.39 is 0 Å². The molecule has 0 aromatic carbocycles. The Bertz CT molecular complexity index is 556. The molecule has 7 atom stereocenters. The van der Waals surface area contributed by atoms with E-state index in [4.69, 9.17) is 0 Å². The second-order valence-electron chi connectivity index (χ2n) is 9.08. The molecule has 0 heterocycles. The van der Waals surface area contributed by atoms with Crippen molar-refractivity contribution in [3.8, 4) is 0 Å². The number of hydrogen-bond donors (Lipinski definition) is 2. The predicted octanol–water partition coefficient (Wildman–Crippen LogP) is 3.08. The molecule has 0 amide bonds. The molecule has 23 heavy (non-hydrogen) atoms. The molecule has 3 heteroatoms. The van der Waals surface area contributed by atoms with Gasteiger partial charge in [0, 0.05) is 12.5 Å². The van der Waals surface area contributed by atoms with E-state index in [1.807, 2.05) is 13.1 Å². The van der Waals surface area contributed by atoms with Crippen molar-refractivity contribution in [1.82, 2.24) is 5.32 Å². The van der Waals surface area contributed by atoms with Crippen LogP contribution < -0.4 is 5.32 Å². The van der Waals surface area contributed by atoms with Crippen molar-refractivity contribution in [2.75, 3.05) is 7.05 Å². The minimum atomic E-state index is -0.202. The largest absolute Gasteiger partial charge is 0.391 e. The number of aliphatic hydroxyl groups is 1. The summed E-state index contributed by atoms with van der Waals surface area (Å²) >= 11 is 0. The zero-order valence-corrected chi connectivity index (χ0v) is 14.8. The molecule has 0 aliphatic heterocycles. The first-order valence-corrected chi connectivity index (χ1v) is 9.49. The zero-order valence-electron chi connectivity index (χ0n) is 14.8. The number of hydrogen-bond acceptors (Lipinski definition) is 3. The highest BCUT2D eigenvalue weighted by Crippen LogP contribution is 2.65. The molecule has 128 valence electrons. The number of aliphatic hydroxyl groups excluding tert-OH is 1. The van der Waals surface area contributed by atoms with Crippen LogP contribution in [0.5, 0.6) is 0 Å². The van der Waals surface area contributed by atoms with Crippen molar-refractivity contribution >= 4 is 5.78 Å². The Morgan fingerprint density at radius 2 is 1.96 bits per heavy atom. The second kappa shape index (κ2) is 5.16. The lowest BCUT2D eigenvalue weighted by atomic mass is 9.47. The van der Waals surface area contributed by atoms with Crippen LogP contribution in [0.3, 0.4) is 0 Å². The van der Waals surface area contributed by atoms with Crippen molar-refractivity contribution in [2.24, 2.45) is 28.6 Å². The van der Waals surface area contributed by atoms with Gasteiger partial charge >= 0.3 is 0 Å². The van der Waals surface area contributed by atoms with Crippen molar-refractivity contribution < 1.29 is 9.90 Å². The van der Waals surface area contributed by atoms with Gasteiger partial charge in [-0.3, -0.25) is 4.79 Å². The molecule has 3 fully saturated rings. The molecule has 0 aromatic rings. The number of nitrogens with one attached hydrogen (secondary N) is 1. The lowest BCUT2D eigenvalue weighted by Gasteiger charge is -2.58. The summed E-state index contributed by atoms with van der Waals surface area (Å²) in [5.74, 6) is 2.39. The highest BCUT2D eigenvalue weighted by Gasteiger charge is 2.60. The van der Waals surface area contributed by atoms with Gasteiger partial charge in [-0.15, -0.1) is 0 Å². The van der Waals surface area contributed by atoms with Crippen molar-refractivity contribution in [3.05, 3.63) is 11.6 Å². The maximum atomic E-state index is 11.9. The average molecular weight is 317 g/mol.